The summed E-state index contributed by atoms with van der Waals surface area (Å²) in [6.45, 7) is 3.48. The van der Waals surface area contributed by atoms with Gasteiger partial charge in [-0.2, -0.15) is 0 Å². The normalized spacial score (nSPS) is 15.8. The van der Waals surface area contributed by atoms with Gasteiger partial charge in [-0.15, -0.1) is 0 Å². The summed E-state index contributed by atoms with van der Waals surface area (Å²) in [5.74, 6) is -0.612. The molecule has 4 nitrogen and oxygen atoms in total. The lowest BCUT2D eigenvalue weighted by Gasteiger charge is -2.15. The molecule has 20 heavy (non-hydrogen) atoms. The van der Waals surface area contributed by atoms with Gasteiger partial charge in [0, 0.05) is 11.1 Å². The molecule has 1 aliphatic rings. The van der Waals surface area contributed by atoms with Crippen LogP contribution in [0.1, 0.15) is 32.3 Å². The number of rotatable bonds is 5. The summed E-state index contributed by atoms with van der Waals surface area (Å²) in [6.07, 6.45) is 1.50. The summed E-state index contributed by atoms with van der Waals surface area (Å²) in [5.41, 5.74) is 0.319. The molecule has 0 saturated heterocycles. The fourth-order valence-corrected chi connectivity index (χ4v) is 2.26. The van der Waals surface area contributed by atoms with Crippen molar-refractivity contribution >= 4 is 23.5 Å². The maximum Gasteiger partial charge on any atom is 0.317 e. The average molecular weight is 296 g/mol. The van der Waals surface area contributed by atoms with Crippen molar-refractivity contribution < 1.29 is 14.3 Å². The minimum atomic E-state index is -0.581. The number of esters is 1. The largest absolute Gasteiger partial charge is 0.455 e. The van der Waals surface area contributed by atoms with Crippen molar-refractivity contribution in [2.75, 3.05) is 6.61 Å². The van der Waals surface area contributed by atoms with E-state index >= 15 is 0 Å². The summed E-state index contributed by atoms with van der Waals surface area (Å²) in [5, 5.41) is 3.32. The summed E-state index contributed by atoms with van der Waals surface area (Å²) in [7, 11) is 0. The van der Waals surface area contributed by atoms with Crippen LogP contribution in [0.2, 0.25) is 5.02 Å². The molecule has 1 aromatic carbocycles. The van der Waals surface area contributed by atoms with Gasteiger partial charge in [0.1, 0.15) is 0 Å². The van der Waals surface area contributed by atoms with Gasteiger partial charge < -0.3 is 10.1 Å². The Morgan fingerprint density at radius 1 is 1.30 bits per heavy atom. The number of nitrogens with one attached hydrogen (secondary N) is 1. The second-order valence-corrected chi connectivity index (χ2v) is 5.82. The van der Waals surface area contributed by atoms with Crippen molar-refractivity contribution in [2.24, 2.45) is 0 Å². The first-order chi connectivity index (χ1) is 9.44. The summed E-state index contributed by atoms with van der Waals surface area (Å²) in [4.78, 5) is 23.6. The van der Waals surface area contributed by atoms with Crippen molar-refractivity contribution in [3.63, 3.8) is 0 Å². The lowest BCUT2D eigenvalue weighted by Crippen LogP contribution is -2.35. The van der Waals surface area contributed by atoms with E-state index in [4.69, 9.17) is 16.3 Å². The van der Waals surface area contributed by atoms with E-state index < -0.39 is 5.41 Å². The molecule has 1 N–H and O–H groups in total. The van der Waals surface area contributed by atoms with Gasteiger partial charge in [0.2, 0.25) is 0 Å². The van der Waals surface area contributed by atoms with Gasteiger partial charge in [0.25, 0.3) is 5.91 Å². The van der Waals surface area contributed by atoms with E-state index in [1.54, 1.807) is 12.1 Å². The van der Waals surface area contributed by atoms with Crippen LogP contribution < -0.4 is 5.32 Å². The SMILES string of the molecule is CC(C)NC(=O)COC(=O)C1(c2ccc(Cl)cc2)CC1. The van der Waals surface area contributed by atoms with Crippen LogP contribution in [-0.4, -0.2) is 24.5 Å². The number of benzene rings is 1. The molecule has 1 amide bonds. The zero-order valence-corrected chi connectivity index (χ0v) is 12.4. The number of halogens is 1. The van der Waals surface area contributed by atoms with E-state index in [0.717, 1.165) is 18.4 Å². The van der Waals surface area contributed by atoms with Gasteiger partial charge in [0.05, 0.1) is 5.41 Å². The van der Waals surface area contributed by atoms with E-state index in [-0.39, 0.29) is 24.5 Å². The van der Waals surface area contributed by atoms with Crippen LogP contribution in [0.4, 0.5) is 0 Å². The van der Waals surface area contributed by atoms with Gasteiger partial charge >= 0.3 is 5.97 Å². The smallest absolute Gasteiger partial charge is 0.317 e. The Kier molecular flexibility index (Phi) is 4.33. The van der Waals surface area contributed by atoms with Crippen LogP contribution in [0, 0.1) is 0 Å². The Labute approximate surface area is 123 Å². The monoisotopic (exact) mass is 295 g/mol. The molecular formula is C15H18ClNO3. The molecule has 0 unspecified atom stereocenters. The molecule has 1 fully saturated rings. The molecule has 108 valence electrons. The van der Waals surface area contributed by atoms with Crippen LogP contribution in [0.25, 0.3) is 0 Å². The number of carbonyl (C=O) groups excluding carboxylic acids is 2. The molecule has 0 heterocycles. The Morgan fingerprint density at radius 3 is 2.40 bits per heavy atom. The standard InChI is InChI=1S/C15H18ClNO3/c1-10(2)17-13(18)9-20-14(19)15(7-8-15)11-3-5-12(16)6-4-11/h3-6,10H,7-9H2,1-2H3,(H,17,18). The van der Waals surface area contributed by atoms with Crippen molar-refractivity contribution in [3.8, 4) is 0 Å². The van der Waals surface area contributed by atoms with Crippen molar-refractivity contribution in [1.29, 1.82) is 0 Å². The van der Waals surface area contributed by atoms with E-state index in [1.165, 1.54) is 0 Å². The van der Waals surface area contributed by atoms with Crippen LogP contribution in [0.15, 0.2) is 24.3 Å². The third kappa shape index (κ3) is 3.31. The Bertz CT molecular complexity index is 506. The van der Waals surface area contributed by atoms with Crippen molar-refractivity contribution in [1.82, 2.24) is 5.32 Å². The molecule has 0 aliphatic heterocycles. The third-order valence-corrected chi connectivity index (χ3v) is 3.57. The highest BCUT2D eigenvalue weighted by atomic mass is 35.5. The second kappa shape index (κ2) is 5.83. The van der Waals surface area contributed by atoms with Gasteiger partial charge in [0.15, 0.2) is 6.61 Å². The Hall–Kier alpha value is -1.55. The molecule has 1 aliphatic carbocycles. The highest BCUT2D eigenvalue weighted by Crippen LogP contribution is 2.49. The van der Waals surface area contributed by atoms with Crippen LogP contribution in [0.3, 0.4) is 0 Å². The quantitative estimate of drug-likeness (QED) is 0.849. The number of hydrogen-bond acceptors (Lipinski definition) is 3. The number of hydrogen-bond donors (Lipinski definition) is 1. The lowest BCUT2D eigenvalue weighted by atomic mass is 9.96. The fraction of sp³-hybridized carbons (Fsp3) is 0.467. The molecule has 0 radical (unpaired) electrons. The minimum absolute atomic E-state index is 0.0346. The first kappa shape index (κ1) is 14.9. The van der Waals surface area contributed by atoms with Crippen LogP contribution in [0.5, 0.6) is 0 Å². The highest BCUT2D eigenvalue weighted by molar-refractivity contribution is 6.30. The third-order valence-electron chi connectivity index (χ3n) is 3.32. The topological polar surface area (TPSA) is 55.4 Å². The van der Waals surface area contributed by atoms with Gasteiger partial charge in [-0.1, -0.05) is 23.7 Å². The van der Waals surface area contributed by atoms with Crippen LogP contribution >= 0.6 is 11.6 Å². The summed E-state index contributed by atoms with van der Waals surface area (Å²) >= 11 is 5.84. The molecular weight excluding hydrogens is 278 g/mol. The minimum Gasteiger partial charge on any atom is -0.455 e. The van der Waals surface area contributed by atoms with Crippen molar-refractivity contribution in [3.05, 3.63) is 34.9 Å². The molecule has 0 aromatic heterocycles. The van der Waals surface area contributed by atoms with Crippen LogP contribution in [-0.2, 0) is 19.7 Å². The van der Waals surface area contributed by atoms with E-state index in [2.05, 4.69) is 5.32 Å². The van der Waals surface area contributed by atoms with Gasteiger partial charge in [-0.3, -0.25) is 9.59 Å². The van der Waals surface area contributed by atoms with E-state index in [0.29, 0.717) is 5.02 Å². The lowest BCUT2D eigenvalue weighted by molar-refractivity contribution is -0.151. The predicted octanol–water partition coefficient (Wildman–Crippen LogP) is 2.44. The highest BCUT2D eigenvalue weighted by Gasteiger charge is 2.52. The maximum atomic E-state index is 12.2. The van der Waals surface area contributed by atoms with E-state index in [9.17, 15) is 9.59 Å². The first-order valence-electron chi connectivity index (χ1n) is 6.67. The molecule has 2 rings (SSSR count). The predicted molar refractivity (Wildman–Crippen MR) is 76.6 cm³/mol. The summed E-state index contributed by atoms with van der Waals surface area (Å²) < 4.78 is 5.13. The zero-order chi connectivity index (χ0) is 14.8. The Morgan fingerprint density at radius 2 is 1.90 bits per heavy atom. The van der Waals surface area contributed by atoms with E-state index in [1.807, 2.05) is 26.0 Å². The van der Waals surface area contributed by atoms with Gasteiger partial charge in [-0.25, -0.2) is 0 Å². The molecule has 0 bridgehead atoms. The van der Waals surface area contributed by atoms with Crippen molar-refractivity contribution in [2.45, 2.75) is 38.1 Å². The Balaban J connectivity index is 1.95. The number of carbonyl (C=O) groups is 2. The molecule has 0 spiro atoms. The molecule has 1 saturated carbocycles. The molecule has 5 heteroatoms. The fourth-order valence-electron chi connectivity index (χ4n) is 2.14. The second-order valence-electron chi connectivity index (χ2n) is 5.39. The zero-order valence-electron chi connectivity index (χ0n) is 11.6. The first-order valence-corrected chi connectivity index (χ1v) is 7.04. The average Bonchev–Trinajstić information content (AvgIpc) is 3.17. The van der Waals surface area contributed by atoms with Gasteiger partial charge in [-0.05, 0) is 44.4 Å². The summed E-state index contributed by atoms with van der Waals surface area (Å²) in [6, 6.07) is 7.23. The number of ether oxygens (including phenoxy) is 1. The maximum absolute atomic E-state index is 12.2. The number of amides is 1. The molecule has 1 aromatic rings. The molecule has 0 atom stereocenters.